The van der Waals surface area contributed by atoms with Crippen LogP contribution in [0.4, 0.5) is 5.69 Å². The van der Waals surface area contributed by atoms with Crippen molar-refractivity contribution in [1.29, 1.82) is 0 Å². The number of benzene rings is 2. The molecule has 0 bridgehead atoms. The molecular weight excluding hydrogens is 500 g/mol. The predicted molar refractivity (Wildman–Crippen MR) is 149 cm³/mol. The molecule has 0 saturated heterocycles. The molecule has 0 aliphatic carbocycles. The van der Waals surface area contributed by atoms with E-state index >= 15 is 0 Å². The van der Waals surface area contributed by atoms with Gasteiger partial charge in [-0.2, -0.15) is 0 Å². The van der Waals surface area contributed by atoms with Crippen LogP contribution in [-0.4, -0.2) is 81.4 Å². The summed E-state index contributed by atoms with van der Waals surface area (Å²) in [4.78, 5) is 48.0. The van der Waals surface area contributed by atoms with Crippen LogP contribution in [0.1, 0.15) is 32.2 Å². The SMILES string of the molecule is CCN(CC)CCn1c(Cc2ccc(ON(C)C(C)N(C)C(=O)/C=C\C=O)cc2)nc2cc([N+](=O)[O-])ccc21. The molecule has 208 valence electrons. The number of nitro groups is 1. The third-order valence-electron chi connectivity index (χ3n) is 6.84. The number of carbonyl (C=O) groups is 2. The van der Waals surface area contributed by atoms with Crippen molar-refractivity contribution < 1.29 is 19.3 Å². The molecular formula is C28H36N6O5. The fraction of sp³-hybridized carbons (Fsp3) is 0.393. The number of fused-ring (bicyclic) bond motifs is 1. The Balaban J connectivity index is 1.77. The number of imidazole rings is 1. The second-order valence-electron chi connectivity index (χ2n) is 9.17. The molecule has 2 aromatic carbocycles. The molecule has 0 N–H and O–H groups in total. The lowest BCUT2D eigenvalue weighted by Crippen LogP contribution is -2.46. The lowest BCUT2D eigenvalue weighted by atomic mass is 10.1. The van der Waals surface area contributed by atoms with E-state index in [-0.39, 0.29) is 17.8 Å². The summed E-state index contributed by atoms with van der Waals surface area (Å²) in [6.07, 6.45) is 3.09. The van der Waals surface area contributed by atoms with Gasteiger partial charge < -0.3 is 19.2 Å². The second kappa shape index (κ2) is 13.6. The van der Waals surface area contributed by atoms with Crippen LogP contribution in [-0.2, 0) is 22.6 Å². The van der Waals surface area contributed by atoms with Crippen molar-refractivity contribution in [2.24, 2.45) is 0 Å². The van der Waals surface area contributed by atoms with E-state index in [4.69, 9.17) is 9.82 Å². The van der Waals surface area contributed by atoms with E-state index in [2.05, 4.69) is 23.3 Å². The van der Waals surface area contributed by atoms with Crippen LogP contribution in [0.25, 0.3) is 11.0 Å². The Morgan fingerprint density at radius 1 is 1.15 bits per heavy atom. The summed E-state index contributed by atoms with van der Waals surface area (Å²) < 4.78 is 2.14. The third kappa shape index (κ3) is 7.49. The molecule has 1 amide bonds. The molecule has 0 radical (unpaired) electrons. The van der Waals surface area contributed by atoms with Crippen LogP contribution in [0.5, 0.6) is 5.75 Å². The molecule has 3 aromatic rings. The van der Waals surface area contributed by atoms with Gasteiger partial charge in [-0.25, -0.2) is 4.98 Å². The lowest BCUT2D eigenvalue weighted by Gasteiger charge is -2.31. The third-order valence-corrected chi connectivity index (χ3v) is 6.84. The zero-order valence-corrected chi connectivity index (χ0v) is 23.1. The zero-order chi connectivity index (χ0) is 28.5. The van der Waals surface area contributed by atoms with Crippen LogP contribution in [0, 0.1) is 10.1 Å². The number of likely N-dealkylation sites (N-methyl/N-ethyl adjacent to an activating group) is 2. The van der Waals surface area contributed by atoms with Gasteiger partial charge in [-0.05, 0) is 49.9 Å². The summed E-state index contributed by atoms with van der Waals surface area (Å²) in [5.74, 6) is 1.12. The number of aromatic nitrogens is 2. The maximum absolute atomic E-state index is 12.1. The number of nitro benzene ring substituents is 1. The highest BCUT2D eigenvalue weighted by Gasteiger charge is 2.20. The van der Waals surface area contributed by atoms with Gasteiger partial charge in [0.15, 0.2) is 0 Å². The Kier molecular flexibility index (Phi) is 10.3. The number of hydrogen-bond donors (Lipinski definition) is 0. The first-order chi connectivity index (χ1) is 18.7. The van der Waals surface area contributed by atoms with E-state index in [0.717, 1.165) is 49.2 Å². The molecule has 1 heterocycles. The predicted octanol–water partition coefficient (Wildman–Crippen LogP) is 3.66. The molecule has 1 atom stereocenters. The minimum Gasteiger partial charge on any atom is -0.404 e. The van der Waals surface area contributed by atoms with Gasteiger partial charge in [-0.3, -0.25) is 19.7 Å². The number of hydrogen-bond acceptors (Lipinski definition) is 8. The van der Waals surface area contributed by atoms with Gasteiger partial charge in [0.1, 0.15) is 24.0 Å². The molecule has 0 fully saturated rings. The highest BCUT2D eigenvalue weighted by Crippen LogP contribution is 2.24. The largest absolute Gasteiger partial charge is 0.404 e. The number of allylic oxidation sites excluding steroid dienone is 1. The maximum atomic E-state index is 12.1. The van der Waals surface area contributed by atoms with Crippen LogP contribution >= 0.6 is 0 Å². The van der Waals surface area contributed by atoms with Crippen LogP contribution < -0.4 is 4.84 Å². The number of rotatable bonds is 14. The van der Waals surface area contributed by atoms with Gasteiger partial charge in [0.25, 0.3) is 5.69 Å². The Morgan fingerprint density at radius 3 is 2.46 bits per heavy atom. The summed E-state index contributed by atoms with van der Waals surface area (Å²) in [7, 11) is 3.36. The number of carbonyl (C=O) groups excluding carboxylic acids is 2. The van der Waals surface area contributed by atoms with E-state index in [1.54, 1.807) is 25.2 Å². The fourth-order valence-corrected chi connectivity index (χ4v) is 4.21. The number of nitrogens with zero attached hydrogens (tertiary/aromatic N) is 6. The molecule has 11 nitrogen and oxygen atoms in total. The Morgan fingerprint density at radius 2 is 1.85 bits per heavy atom. The average molecular weight is 537 g/mol. The van der Waals surface area contributed by atoms with Crippen molar-refractivity contribution in [3.8, 4) is 5.75 Å². The number of non-ortho nitro benzene ring substituents is 1. The quantitative estimate of drug-likeness (QED) is 0.101. The van der Waals surface area contributed by atoms with E-state index in [1.165, 1.54) is 23.1 Å². The van der Waals surface area contributed by atoms with Gasteiger partial charge in [-0.15, -0.1) is 5.06 Å². The van der Waals surface area contributed by atoms with Crippen molar-refractivity contribution in [2.45, 2.75) is 39.9 Å². The van der Waals surface area contributed by atoms with Crippen LogP contribution in [0.3, 0.4) is 0 Å². The first-order valence-corrected chi connectivity index (χ1v) is 12.9. The Hall–Kier alpha value is -4.09. The molecule has 11 heteroatoms. The summed E-state index contributed by atoms with van der Waals surface area (Å²) in [6.45, 7) is 9.53. The molecule has 0 aliphatic rings. The van der Waals surface area contributed by atoms with Crippen LogP contribution in [0.15, 0.2) is 54.6 Å². The zero-order valence-electron chi connectivity index (χ0n) is 23.1. The molecule has 3 rings (SSSR count). The van der Waals surface area contributed by atoms with Crippen molar-refractivity contribution in [2.75, 3.05) is 33.7 Å². The summed E-state index contributed by atoms with van der Waals surface area (Å²) >= 11 is 0. The average Bonchev–Trinajstić information content (AvgIpc) is 3.28. The van der Waals surface area contributed by atoms with E-state index < -0.39 is 4.92 Å². The maximum Gasteiger partial charge on any atom is 0.271 e. The monoisotopic (exact) mass is 536 g/mol. The lowest BCUT2D eigenvalue weighted by molar-refractivity contribution is -0.384. The summed E-state index contributed by atoms with van der Waals surface area (Å²) in [5.41, 5.74) is 2.52. The number of amides is 1. The number of aldehydes is 1. The highest BCUT2D eigenvalue weighted by molar-refractivity contribution is 5.90. The molecule has 0 spiro atoms. The Labute approximate surface area is 228 Å². The second-order valence-corrected chi connectivity index (χ2v) is 9.17. The topological polar surface area (TPSA) is 114 Å². The Bertz CT molecular complexity index is 1320. The van der Waals surface area contributed by atoms with E-state index in [1.807, 2.05) is 31.2 Å². The van der Waals surface area contributed by atoms with Crippen molar-refractivity contribution in [3.63, 3.8) is 0 Å². The van der Waals surface area contributed by atoms with Crippen molar-refractivity contribution in [1.82, 2.24) is 24.4 Å². The van der Waals surface area contributed by atoms with Gasteiger partial charge >= 0.3 is 0 Å². The van der Waals surface area contributed by atoms with Gasteiger partial charge in [0.2, 0.25) is 5.91 Å². The smallest absolute Gasteiger partial charge is 0.271 e. The first-order valence-electron chi connectivity index (χ1n) is 12.9. The molecule has 0 saturated carbocycles. The summed E-state index contributed by atoms with van der Waals surface area (Å²) in [6, 6.07) is 12.4. The van der Waals surface area contributed by atoms with Crippen molar-refractivity contribution >= 4 is 28.9 Å². The number of hydroxylamine groups is 2. The molecule has 39 heavy (non-hydrogen) atoms. The minimum absolute atomic E-state index is 0.0226. The van der Waals surface area contributed by atoms with Crippen LogP contribution in [0.2, 0.25) is 0 Å². The van der Waals surface area contributed by atoms with Gasteiger partial charge in [0, 0.05) is 51.8 Å². The normalized spacial score (nSPS) is 12.4. The molecule has 1 aromatic heterocycles. The van der Waals surface area contributed by atoms with E-state index in [9.17, 15) is 19.7 Å². The summed E-state index contributed by atoms with van der Waals surface area (Å²) in [5, 5.41) is 12.9. The molecule has 1 unspecified atom stereocenters. The highest BCUT2D eigenvalue weighted by atomic mass is 16.7. The van der Waals surface area contributed by atoms with E-state index in [0.29, 0.717) is 24.0 Å². The standard InChI is InChI=1S/C28H36N6O5/c1-6-32(7-2)16-17-33-26-15-12-23(34(37)38)20-25(26)29-27(33)19-22-10-13-24(14-11-22)39-31(5)21(3)30(4)28(36)9-8-18-35/h8-15,18,20-21H,6-7,16-17,19H2,1-5H3/b9-8-. The minimum atomic E-state index is -0.403. The first kappa shape index (κ1) is 29.5. The van der Waals surface area contributed by atoms with Gasteiger partial charge in [0.05, 0.1) is 16.0 Å². The van der Waals surface area contributed by atoms with Gasteiger partial charge in [-0.1, -0.05) is 26.0 Å². The molecule has 0 aliphatic heterocycles. The van der Waals surface area contributed by atoms with Crippen molar-refractivity contribution in [3.05, 3.63) is 76.1 Å². The fourth-order valence-electron chi connectivity index (χ4n) is 4.21.